The molecule has 0 spiro atoms. The van der Waals surface area contributed by atoms with Gasteiger partial charge in [0.15, 0.2) is 0 Å². The first-order chi connectivity index (χ1) is 14.8. The average Bonchev–Trinajstić information content (AvgIpc) is 3.23. The van der Waals surface area contributed by atoms with E-state index in [1.165, 1.54) is 4.31 Å². The van der Waals surface area contributed by atoms with Crippen LogP contribution in [0.3, 0.4) is 0 Å². The Bertz CT molecular complexity index is 1220. The van der Waals surface area contributed by atoms with Crippen LogP contribution in [-0.2, 0) is 27.7 Å². The monoisotopic (exact) mass is 446 g/mol. The van der Waals surface area contributed by atoms with Gasteiger partial charge in [-0.1, -0.05) is 0 Å². The number of carbonyl (C=O) groups excluding carboxylic acids is 1. The zero-order valence-corrected chi connectivity index (χ0v) is 18.6. The molecular weight excluding hydrogens is 420 g/mol. The first-order valence-electron chi connectivity index (χ1n) is 10.0. The zero-order valence-electron chi connectivity index (χ0n) is 17.8. The topological polar surface area (TPSA) is 122 Å². The smallest absolute Gasteiger partial charge is 0.244 e. The third kappa shape index (κ3) is 4.28. The Labute approximate surface area is 180 Å². The molecule has 3 aromatic rings. The maximum atomic E-state index is 13.1. The second-order valence-electron chi connectivity index (χ2n) is 7.69. The number of carbonyl (C=O) groups is 1. The molecule has 31 heavy (non-hydrogen) atoms. The molecule has 0 bridgehead atoms. The summed E-state index contributed by atoms with van der Waals surface area (Å²) in [6.07, 6.45) is 4.12. The van der Waals surface area contributed by atoms with Gasteiger partial charge < -0.3 is 19.6 Å². The highest BCUT2D eigenvalue weighted by Crippen LogP contribution is 2.24. The van der Waals surface area contributed by atoms with Crippen molar-refractivity contribution in [1.29, 1.82) is 0 Å². The van der Waals surface area contributed by atoms with Crippen LogP contribution in [0.15, 0.2) is 24.4 Å². The number of benzene rings is 1. The van der Waals surface area contributed by atoms with Gasteiger partial charge in [0.05, 0.1) is 13.4 Å². The Morgan fingerprint density at radius 2 is 2.16 bits per heavy atom. The molecule has 1 amide bonds. The Balaban J connectivity index is 1.50. The van der Waals surface area contributed by atoms with Crippen molar-refractivity contribution in [2.75, 3.05) is 33.0 Å². The van der Waals surface area contributed by atoms with E-state index in [1.807, 2.05) is 24.4 Å². The molecule has 1 unspecified atom stereocenters. The number of fused-ring (bicyclic) bond motifs is 2. The molecule has 4 rings (SSSR count). The van der Waals surface area contributed by atoms with Gasteiger partial charge in [0.25, 0.3) is 0 Å². The molecule has 166 valence electrons. The zero-order chi connectivity index (χ0) is 22.2. The number of ether oxygens (including phenoxy) is 1. The first-order valence-corrected chi connectivity index (χ1v) is 11.9. The van der Waals surface area contributed by atoms with Crippen LogP contribution < -0.4 is 10.1 Å². The van der Waals surface area contributed by atoms with E-state index in [-0.39, 0.29) is 19.0 Å². The van der Waals surface area contributed by atoms with Crippen molar-refractivity contribution in [1.82, 2.24) is 29.4 Å². The largest absolute Gasteiger partial charge is 0.497 e. The molecule has 10 nitrogen and oxygen atoms in total. The van der Waals surface area contributed by atoms with Crippen LogP contribution in [-0.4, -0.2) is 71.4 Å². The van der Waals surface area contributed by atoms with Gasteiger partial charge in [-0.25, -0.2) is 8.42 Å². The highest BCUT2D eigenvalue weighted by Gasteiger charge is 2.33. The minimum Gasteiger partial charge on any atom is -0.497 e. The highest BCUT2D eigenvalue weighted by molar-refractivity contribution is 7.88. The number of rotatable bonds is 6. The van der Waals surface area contributed by atoms with E-state index >= 15 is 0 Å². The summed E-state index contributed by atoms with van der Waals surface area (Å²) in [4.78, 5) is 16.3. The van der Waals surface area contributed by atoms with Crippen LogP contribution in [0.5, 0.6) is 5.75 Å². The lowest BCUT2D eigenvalue weighted by atomic mass is 10.1. The van der Waals surface area contributed by atoms with Gasteiger partial charge in [0, 0.05) is 43.2 Å². The number of hydrogen-bond acceptors (Lipinski definition) is 6. The SMILES string of the molecule is COc1ccc2[nH]cc(CCNC(=O)C3CN(S(C)(=O)=O)CCc4nnc(C)n43)c2c1. The van der Waals surface area contributed by atoms with Crippen molar-refractivity contribution < 1.29 is 17.9 Å². The van der Waals surface area contributed by atoms with Crippen molar-refractivity contribution in [3.63, 3.8) is 0 Å². The van der Waals surface area contributed by atoms with Crippen LogP contribution in [0.25, 0.3) is 10.9 Å². The summed E-state index contributed by atoms with van der Waals surface area (Å²) in [5.74, 6) is 1.73. The van der Waals surface area contributed by atoms with E-state index in [9.17, 15) is 13.2 Å². The summed E-state index contributed by atoms with van der Waals surface area (Å²) in [5.41, 5.74) is 2.06. The van der Waals surface area contributed by atoms with Crippen LogP contribution in [0.1, 0.15) is 23.3 Å². The molecule has 0 fully saturated rings. The van der Waals surface area contributed by atoms with Gasteiger partial charge in [-0.15, -0.1) is 10.2 Å². The van der Waals surface area contributed by atoms with Crippen LogP contribution in [0, 0.1) is 6.92 Å². The number of sulfonamides is 1. The molecular formula is C20H26N6O4S. The van der Waals surface area contributed by atoms with E-state index in [2.05, 4.69) is 20.5 Å². The number of aromatic amines is 1. The molecule has 0 saturated heterocycles. The first kappa shape index (κ1) is 21.3. The lowest BCUT2D eigenvalue weighted by Crippen LogP contribution is -2.42. The number of methoxy groups -OCH3 is 1. The van der Waals surface area contributed by atoms with Crippen molar-refractivity contribution in [3.8, 4) is 5.75 Å². The summed E-state index contributed by atoms with van der Waals surface area (Å²) in [5, 5.41) is 12.2. The number of aryl methyl sites for hydroxylation is 1. The van der Waals surface area contributed by atoms with Gasteiger partial charge in [-0.05, 0) is 37.1 Å². The molecule has 2 N–H and O–H groups in total. The summed E-state index contributed by atoms with van der Waals surface area (Å²) < 4.78 is 32.7. The normalized spacial score (nSPS) is 17.3. The Morgan fingerprint density at radius 1 is 1.35 bits per heavy atom. The maximum absolute atomic E-state index is 13.1. The lowest BCUT2D eigenvalue weighted by Gasteiger charge is -2.23. The Hall–Kier alpha value is -2.92. The molecule has 0 aliphatic carbocycles. The summed E-state index contributed by atoms with van der Waals surface area (Å²) in [7, 11) is -1.81. The fraction of sp³-hybridized carbons (Fsp3) is 0.450. The van der Waals surface area contributed by atoms with E-state index in [0.717, 1.165) is 28.5 Å². The third-order valence-corrected chi connectivity index (χ3v) is 6.92. The molecule has 0 saturated carbocycles. The van der Waals surface area contributed by atoms with E-state index in [0.29, 0.717) is 31.0 Å². The molecule has 1 aromatic carbocycles. The third-order valence-electron chi connectivity index (χ3n) is 5.65. The highest BCUT2D eigenvalue weighted by atomic mass is 32.2. The molecule has 11 heteroatoms. The Kier molecular flexibility index (Phi) is 5.71. The summed E-state index contributed by atoms with van der Waals surface area (Å²) in [6.45, 7) is 2.51. The molecule has 1 aliphatic rings. The van der Waals surface area contributed by atoms with Gasteiger partial charge in [0.2, 0.25) is 15.9 Å². The summed E-state index contributed by atoms with van der Waals surface area (Å²) >= 11 is 0. The van der Waals surface area contributed by atoms with Crippen molar-refractivity contribution in [2.24, 2.45) is 0 Å². The van der Waals surface area contributed by atoms with Gasteiger partial charge >= 0.3 is 0 Å². The molecule has 0 radical (unpaired) electrons. The quantitative estimate of drug-likeness (QED) is 0.577. The minimum atomic E-state index is -3.44. The summed E-state index contributed by atoms with van der Waals surface area (Å²) in [6, 6.07) is 5.09. The number of aromatic nitrogens is 4. The average molecular weight is 447 g/mol. The second kappa shape index (κ2) is 8.31. The minimum absolute atomic E-state index is 0.0564. The molecule has 3 heterocycles. The maximum Gasteiger partial charge on any atom is 0.244 e. The van der Waals surface area contributed by atoms with Crippen molar-refractivity contribution in [3.05, 3.63) is 41.6 Å². The molecule has 1 aliphatic heterocycles. The number of amides is 1. The number of hydrogen-bond donors (Lipinski definition) is 2. The van der Waals surface area contributed by atoms with Crippen LogP contribution in [0.4, 0.5) is 0 Å². The fourth-order valence-electron chi connectivity index (χ4n) is 4.01. The van der Waals surface area contributed by atoms with Gasteiger partial charge in [-0.3, -0.25) is 4.79 Å². The number of nitrogens with one attached hydrogen (secondary N) is 2. The standard InChI is InChI=1S/C20H26N6O4S/c1-13-23-24-19-7-9-25(31(3,28)29)12-18(26(13)19)20(27)21-8-6-14-11-22-17-5-4-15(30-2)10-16(14)17/h4-5,10-11,18,22H,6-9,12H2,1-3H3,(H,21,27). The van der Waals surface area contributed by atoms with E-state index < -0.39 is 16.1 Å². The van der Waals surface area contributed by atoms with E-state index in [4.69, 9.17) is 4.74 Å². The number of H-pyrrole nitrogens is 1. The fourth-order valence-corrected chi connectivity index (χ4v) is 4.85. The molecule has 2 aromatic heterocycles. The van der Waals surface area contributed by atoms with Crippen LogP contribution >= 0.6 is 0 Å². The van der Waals surface area contributed by atoms with Gasteiger partial charge in [0.1, 0.15) is 23.4 Å². The van der Waals surface area contributed by atoms with Gasteiger partial charge in [-0.2, -0.15) is 4.31 Å². The lowest BCUT2D eigenvalue weighted by molar-refractivity contribution is -0.124. The van der Waals surface area contributed by atoms with Crippen molar-refractivity contribution >= 4 is 26.8 Å². The predicted molar refractivity (Wildman–Crippen MR) is 115 cm³/mol. The Morgan fingerprint density at radius 3 is 2.90 bits per heavy atom. The van der Waals surface area contributed by atoms with Crippen molar-refractivity contribution in [2.45, 2.75) is 25.8 Å². The van der Waals surface area contributed by atoms with E-state index in [1.54, 1.807) is 18.6 Å². The number of nitrogens with zero attached hydrogens (tertiary/aromatic N) is 4. The van der Waals surface area contributed by atoms with Crippen LogP contribution in [0.2, 0.25) is 0 Å². The predicted octanol–water partition coefficient (Wildman–Crippen LogP) is 0.794. The molecule has 1 atom stereocenters. The second-order valence-corrected chi connectivity index (χ2v) is 9.67.